The first-order valence-corrected chi connectivity index (χ1v) is 5.89. The van der Waals surface area contributed by atoms with Crippen molar-refractivity contribution in [3.63, 3.8) is 0 Å². The zero-order chi connectivity index (χ0) is 14.0. The average Bonchev–Trinajstić information content (AvgIpc) is 2.73. The zero-order valence-electron chi connectivity index (χ0n) is 9.62. The van der Waals surface area contributed by atoms with Crippen molar-refractivity contribution in [2.75, 3.05) is 5.32 Å². The van der Waals surface area contributed by atoms with Gasteiger partial charge in [-0.05, 0) is 19.1 Å². The van der Waals surface area contributed by atoms with Crippen LogP contribution in [0.5, 0.6) is 0 Å². The van der Waals surface area contributed by atoms with Crippen molar-refractivity contribution in [3.05, 3.63) is 34.5 Å². The van der Waals surface area contributed by atoms with Gasteiger partial charge in [-0.3, -0.25) is 0 Å². The molecule has 1 N–H and O–H groups in total. The maximum absolute atomic E-state index is 12.6. The van der Waals surface area contributed by atoms with Gasteiger partial charge < -0.3 is 5.32 Å². The van der Waals surface area contributed by atoms with E-state index in [1.54, 1.807) is 12.3 Å². The fourth-order valence-corrected chi connectivity index (χ4v) is 1.98. The van der Waals surface area contributed by atoms with Crippen molar-refractivity contribution in [2.45, 2.75) is 13.1 Å². The van der Waals surface area contributed by atoms with Gasteiger partial charge in [-0.15, -0.1) is 11.3 Å². The predicted molar refractivity (Wildman–Crippen MR) is 64.1 cm³/mol. The molecule has 0 saturated carbocycles. The molecule has 2 aromatic rings. The van der Waals surface area contributed by atoms with Gasteiger partial charge in [-0.2, -0.15) is 18.4 Å². The van der Waals surface area contributed by atoms with E-state index in [4.69, 9.17) is 5.26 Å². The summed E-state index contributed by atoms with van der Waals surface area (Å²) in [7, 11) is 0. The summed E-state index contributed by atoms with van der Waals surface area (Å²) >= 11 is 1.26. The minimum absolute atomic E-state index is 0.0286. The molecule has 19 heavy (non-hydrogen) atoms. The van der Waals surface area contributed by atoms with Crippen LogP contribution in [0.4, 0.5) is 24.1 Å². The number of aromatic nitrogens is 2. The fraction of sp³-hybridized carbons (Fsp3) is 0.182. The van der Waals surface area contributed by atoms with Crippen LogP contribution in [0.2, 0.25) is 0 Å². The lowest BCUT2D eigenvalue weighted by Crippen LogP contribution is -2.10. The molecule has 0 aliphatic carbocycles. The molecule has 0 aliphatic rings. The average molecular weight is 284 g/mol. The highest BCUT2D eigenvalue weighted by Crippen LogP contribution is 2.30. The number of nitrogens with zero attached hydrogens (tertiary/aromatic N) is 3. The Bertz CT molecular complexity index is 642. The van der Waals surface area contributed by atoms with Gasteiger partial charge in [0, 0.05) is 11.1 Å². The highest BCUT2D eigenvalue weighted by molar-refractivity contribution is 7.15. The summed E-state index contributed by atoms with van der Waals surface area (Å²) in [6.07, 6.45) is -2.98. The van der Waals surface area contributed by atoms with E-state index in [1.165, 1.54) is 11.3 Å². The van der Waals surface area contributed by atoms with E-state index in [0.29, 0.717) is 5.13 Å². The number of pyridine rings is 1. The molecule has 0 aliphatic heterocycles. The fourth-order valence-electron chi connectivity index (χ4n) is 1.32. The molecular formula is C11H7F3N4S. The second-order valence-corrected chi connectivity index (χ2v) is 4.84. The number of anilines is 2. The first kappa shape index (κ1) is 13.3. The van der Waals surface area contributed by atoms with Gasteiger partial charge >= 0.3 is 6.18 Å². The number of alkyl halides is 3. The Kier molecular flexibility index (Phi) is 3.40. The largest absolute Gasteiger partial charge is 0.433 e. The molecule has 0 radical (unpaired) electrons. The molecule has 98 valence electrons. The number of rotatable bonds is 2. The van der Waals surface area contributed by atoms with Gasteiger partial charge in [0.15, 0.2) is 10.9 Å². The third-order valence-electron chi connectivity index (χ3n) is 2.15. The maximum Gasteiger partial charge on any atom is 0.433 e. The first-order valence-electron chi connectivity index (χ1n) is 5.08. The minimum atomic E-state index is -4.55. The molecule has 2 rings (SSSR count). The van der Waals surface area contributed by atoms with Crippen molar-refractivity contribution in [1.29, 1.82) is 5.26 Å². The molecule has 8 heteroatoms. The summed E-state index contributed by atoms with van der Waals surface area (Å²) < 4.78 is 37.7. The molecule has 2 heterocycles. The van der Waals surface area contributed by atoms with E-state index < -0.39 is 11.9 Å². The second kappa shape index (κ2) is 4.85. The van der Waals surface area contributed by atoms with Gasteiger partial charge in [-0.25, -0.2) is 9.97 Å². The van der Waals surface area contributed by atoms with Gasteiger partial charge in [0.05, 0.1) is 5.56 Å². The van der Waals surface area contributed by atoms with Gasteiger partial charge in [-0.1, -0.05) is 0 Å². The molecule has 0 unspecified atom stereocenters. The summed E-state index contributed by atoms with van der Waals surface area (Å²) in [4.78, 5) is 8.28. The van der Waals surface area contributed by atoms with Crippen molar-refractivity contribution in [2.24, 2.45) is 0 Å². The molecule has 0 bridgehead atoms. The van der Waals surface area contributed by atoms with Gasteiger partial charge in [0.1, 0.15) is 11.8 Å². The van der Waals surface area contributed by atoms with E-state index in [2.05, 4.69) is 15.3 Å². The van der Waals surface area contributed by atoms with Crippen LogP contribution in [-0.2, 0) is 6.18 Å². The number of halogens is 3. The molecule has 2 aromatic heterocycles. The molecular weight excluding hydrogens is 277 g/mol. The molecule has 4 nitrogen and oxygen atoms in total. The van der Waals surface area contributed by atoms with E-state index in [-0.39, 0.29) is 11.4 Å². The molecule has 0 atom stereocenters. The minimum Gasteiger partial charge on any atom is -0.315 e. The smallest absolute Gasteiger partial charge is 0.315 e. The number of nitrogens with one attached hydrogen (secondary N) is 1. The third-order valence-corrected chi connectivity index (χ3v) is 2.98. The highest BCUT2D eigenvalue weighted by Gasteiger charge is 2.33. The number of aryl methyl sites for hydroxylation is 1. The number of hydrogen-bond acceptors (Lipinski definition) is 5. The standard InChI is InChI=1S/C11H7F3N4S/c1-6-5-16-10(19-6)18-9-7(4-15)2-3-8(17-9)11(12,13)14/h2-3,5H,1H3,(H,16,17,18). The summed E-state index contributed by atoms with van der Waals surface area (Å²) in [6, 6.07) is 3.64. The van der Waals surface area contributed by atoms with Crippen LogP contribution in [0.15, 0.2) is 18.3 Å². The monoisotopic (exact) mass is 284 g/mol. The number of hydrogen-bond donors (Lipinski definition) is 1. The first-order chi connectivity index (χ1) is 8.90. The maximum atomic E-state index is 12.6. The lowest BCUT2D eigenvalue weighted by Gasteiger charge is -2.09. The normalized spacial score (nSPS) is 11.1. The lowest BCUT2D eigenvalue weighted by molar-refractivity contribution is -0.141. The molecule has 0 saturated heterocycles. The summed E-state index contributed by atoms with van der Waals surface area (Å²) in [5.74, 6) is -0.147. The van der Waals surface area contributed by atoms with Crippen LogP contribution in [0.25, 0.3) is 0 Å². The second-order valence-electron chi connectivity index (χ2n) is 3.60. The van der Waals surface area contributed by atoms with E-state index in [0.717, 1.165) is 17.0 Å². The Labute approximate surface area is 110 Å². The molecule has 0 spiro atoms. The van der Waals surface area contributed by atoms with Crippen molar-refractivity contribution in [1.82, 2.24) is 9.97 Å². The van der Waals surface area contributed by atoms with Crippen LogP contribution in [0, 0.1) is 18.3 Å². The Hall–Kier alpha value is -2.14. The van der Waals surface area contributed by atoms with Crippen LogP contribution in [-0.4, -0.2) is 9.97 Å². The number of thiazole rings is 1. The summed E-state index contributed by atoms with van der Waals surface area (Å²) in [5.41, 5.74) is -1.02. The van der Waals surface area contributed by atoms with Crippen LogP contribution in [0.3, 0.4) is 0 Å². The molecule has 0 amide bonds. The zero-order valence-corrected chi connectivity index (χ0v) is 10.4. The van der Waals surface area contributed by atoms with Crippen LogP contribution < -0.4 is 5.32 Å². The Balaban J connectivity index is 2.40. The van der Waals surface area contributed by atoms with Crippen molar-refractivity contribution in [3.8, 4) is 6.07 Å². The Morgan fingerprint density at radius 3 is 2.63 bits per heavy atom. The number of nitriles is 1. The Morgan fingerprint density at radius 2 is 2.11 bits per heavy atom. The third kappa shape index (κ3) is 3.00. The summed E-state index contributed by atoms with van der Waals surface area (Å²) in [5, 5.41) is 11.9. The van der Waals surface area contributed by atoms with Gasteiger partial charge in [0.2, 0.25) is 0 Å². The lowest BCUT2D eigenvalue weighted by atomic mass is 10.2. The van der Waals surface area contributed by atoms with E-state index in [1.807, 2.05) is 6.92 Å². The van der Waals surface area contributed by atoms with E-state index in [9.17, 15) is 13.2 Å². The SMILES string of the molecule is Cc1cnc(Nc2nc(C(F)(F)F)ccc2C#N)s1. The molecule has 0 fully saturated rings. The Morgan fingerprint density at radius 1 is 1.37 bits per heavy atom. The van der Waals surface area contributed by atoms with Gasteiger partial charge in [0.25, 0.3) is 0 Å². The van der Waals surface area contributed by atoms with Crippen molar-refractivity contribution < 1.29 is 13.2 Å². The van der Waals surface area contributed by atoms with Crippen LogP contribution >= 0.6 is 11.3 Å². The molecule has 0 aromatic carbocycles. The van der Waals surface area contributed by atoms with E-state index >= 15 is 0 Å². The summed E-state index contributed by atoms with van der Waals surface area (Å²) in [6.45, 7) is 1.81. The topological polar surface area (TPSA) is 61.6 Å². The highest BCUT2D eigenvalue weighted by atomic mass is 32.1. The quantitative estimate of drug-likeness (QED) is 0.917. The van der Waals surface area contributed by atoms with Crippen LogP contribution in [0.1, 0.15) is 16.1 Å². The predicted octanol–water partition coefficient (Wildman–Crippen LogP) is 3.48. The van der Waals surface area contributed by atoms with Crippen molar-refractivity contribution >= 4 is 22.3 Å².